The highest BCUT2D eigenvalue weighted by Crippen LogP contribution is 2.26. The van der Waals surface area contributed by atoms with Gasteiger partial charge in [0.1, 0.15) is 5.69 Å². The molecule has 1 fully saturated rings. The molecule has 0 unspecified atom stereocenters. The largest absolute Gasteiger partial charge is 0.371 e. The first-order valence-corrected chi connectivity index (χ1v) is 8.53. The van der Waals surface area contributed by atoms with Crippen LogP contribution in [0.5, 0.6) is 0 Å². The normalized spacial score (nSPS) is 19.3. The van der Waals surface area contributed by atoms with E-state index in [1.807, 2.05) is 19.3 Å². The number of ether oxygens (including phenoxy) is 1. The Bertz CT molecular complexity index is 765. The van der Waals surface area contributed by atoms with Gasteiger partial charge in [-0.3, -0.25) is 9.58 Å². The molecule has 0 N–H and O–H groups in total. The standard InChI is InChI=1S/C16H18N4O2S/c1-19-8-13(7-17-19)15-6-14(22-18-15)9-20-3-4-21-16(10-20)12-2-5-23-11-12/h2,5-8,11,16H,3-4,9-10H2,1H3/t16-/m1/s1. The Hall–Kier alpha value is -1.96. The molecule has 3 aromatic rings. The molecule has 1 atom stereocenters. The molecular weight excluding hydrogens is 312 g/mol. The van der Waals surface area contributed by atoms with Crippen LogP contribution in [0.25, 0.3) is 11.3 Å². The lowest BCUT2D eigenvalue weighted by Crippen LogP contribution is -2.37. The van der Waals surface area contributed by atoms with Crippen LogP contribution in [0.3, 0.4) is 0 Å². The van der Waals surface area contributed by atoms with Gasteiger partial charge in [0.2, 0.25) is 0 Å². The van der Waals surface area contributed by atoms with Crippen LogP contribution in [-0.2, 0) is 18.3 Å². The molecule has 3 aromatic heterocycles. The number of hydrogen-bond acceptors (Lipinski definition) is 6. The van der Waals surface area contributed by atoms with Crippen molar-refractivity contribution >= 4 is 11.3 Å². The predicted octanol–water partition coefficient (Wildman–Crippen LogP) is 2.71. The van der Waals surface area contributed by atoms with Gasteiger partial charge in [-0.15, -0.1) is 0 Å². The highest BCUT2D eigenvalue weighted by atomic mass is 32.1. The Labute approximate surface area is 138 Å². The molecule has 0 aromatic carbocycles. The zero-order valence-electron chi connectivity index (χ0n) is 12.9. The van der Waals surface area contributed by atoms with Gasteiger partial charge in [-0.2, -0.15) is 16.4 Å². The van der Waals surface area contributed by atoms with Crippen molar-refractivity contribution in [3.63, 3.8) is 0 Å². The minimum Gasteiger partial charge on any atom is -0.371 e. The van der Waals surface area contributed by atoms with Gasteiger partial charge < -0.3 is 9.26 Å². The van der Waals surface area contributed by atoms with Gasteiger partial charge >= 0.3 is 0 Å². The Kier molecular flexibility index (Phi) is 3.99. The van der Waals surface area contributed by atoms with Gasteiger partial charge in [-0.05, 0) is 22.4 Å². The zero-order chi connectivity index (χ0) is 15.6. The van der Waals surface area contributed by atoms with Crippen molar-refractivity contribution in [3.05, 3.63) is 46.6 Å². The second-order valence-electron chi connectivity index (χ2n) is 5.73. The van der Waals surface area contributed by atoms with Crippen molar-refractivity contribution in [3.8, 4) is 11.3 Å². The summed E-state index contributed by atoms with van der Waals surface area (Å²) in [4.78, 5) is 2.35. The number of aromatic nitrogens is 3. The van der Waals surface area contributed by atoms with Crippen molar-refractivity contribution < 1.29 is 9.26 Å². The Morgan fingerprint density at radius 3 is 3.17 bits per heavy atom. The van der Waals surface area contributed by atoms with E-state index in [0.29, 0.717) is 0 Å². The number of hydrogen-bond donors (Lipinski definition) is 0. The van der Waals surface area contributed by atoms with Gasteiger partial charge in [-0.1, -0.05) is 5.16 Å². The SMILES string of the molecule is Cn1cc(-c2cc(CN3CCO[C@@H](c4ccsc4)C3)on2)cn1. The number of thiophene rings is 1. The van der Waals surface area contributed by atoms with Crippen LogP contribution in [0.2, 0.25) is 0 Å². The van der Waals surface area contributed by atoms with E-state index in [2.05, 4.69) is 32.0 Å². The topological polar surface area (TPSA) is 56.3 Å². The van der Waals surface area contributed by atoms with Crippen LogP contribution < -0.4 is 0 Å². The fourth-order valence-corrected chi connectivity index (χ4v) is 3.51. The molecule has 0 amide bonds. The number of nitrogens with zero attached hydrogens (tertiary/aromatic N) is 4. The average Bonchev–Trinajstić information content (AvgIpc) is 3.28. The first-order chi connectivity index (χ1) is 11.3. The number of rotatable bonds is 4. The van der Waals surface area contributed by atoms with E-state index in [-0.39, 0.29) is 6.10 Å². The van der Waals surface area contributed by atoms with Gasteiger partial charge in [0, 0.05) is 38.0 Å². The third kappa shape index (κ3) is 3.21. The van der Waals surface area contributed by atoms with E-state index in [9.17, 15) is 0 Å². The van der Waals surface area contributed by atoms with Gasteiger partial charge in [0.15, 0.2) is 5.76 Å². The fourth-order valence-electron chi connectivity index (χ4n) is 2.80. The monoisotopic (exact) mass is 330 g/mol. The van der Waals surface area contributed by atoms with Crippen LogP contribution in [0.4, 0.5) is 0 Å². The summed E-state index contributed by atoms with van der Waals surface area (Å²) in [6, 6.07) is 4.12. The lowest BCUT2D eigenvalue weighted by molar-refractivity contribution is -0.0349. The molecule has 120 valence electrons. The summed E-state index contributed by atoms with van der Waals surface area (Å²) in [5, 5.41) is 12.6. The quantitative estimate of drug-likeness (QED) is 0.736. The van der Waals surface area contributed by atoms with Crippen LogP contribution in [0.15, 0.2) is 39.8 Å². The van der Waals surface area contributed by atoms with Crippen molar-refractivity contribution in [2.75, 3.05) is 19.7 Å². The molecule has 23 heavy (non-hydrogen) atoms. The molecule has 0 spiro atoms. The third-order valence-electron chi connectivity index (χ3n) is 4.00. The van der Waals surface area contributed by atoms with E-state index in [0.717, 1.165) is 43.3 Å². The number of morpholine rings is 1. The molecule has 1 aliphatic heterocycles. The van der Waals surface area contributed by atoms with Gasteiger partial charge in [0.05, 0.1) is 25.5 Å². The minimum atomic E-state index is 0.149. The minimum absolute atomic E-state index is 0.149. The van der Waals surface area contributed by atoms with Crippen LogP contribution in [-0.4, -0.2) is 39.5 Å². The molecular formula is C16H18N4O2S. The molecule has 6 nitrogen and oxygen atoms in total. The Morgan fingerprint density at radius 1 is 1.43 bits per heavy atom. The van der Waals surface area contributed by atoms with E-state index in [1.165, 1.54) is 5.56 Å². The van der Waals surface area contributed by atoms with E-state index in [1.54, 1.807) is 22.2 Å². The summed E-state index contributed by atoms with van der Waals surface area (Å²) in [6.07, 6.45) is 3.88. The maximum absolute atomic E-state index is 5.88. The molecule has 0 saturated carbocycles. The summed E-state index contributed by atoms with van der Waals surface area (Å²) in [7, 11) is 1.89. The second-order valence-corrected chi connectivity index (χ2v) is 6.51. The van der Waals surface area contributed by atoms with Crippen molar-refractivity contribution in [1.29, 1.82) is 0 Å². The summed E-state index contributed by atoms with van der Waals surface area (Å²) in [5.74, 6) is 0.870. The smallest absolute Gasteiger partial charge is 0.151 e. The van der Waals surface area contributed by atoms with Crippen molar-refractivity contribution in [2.24, 2.45) is 7.05 Å². The summed E-state index contributed by atoms with van der Waals surface area (Å²) in [6.45, 7) is 3.27. The average molecular weight is 330 g/mol. The zero-order valence-corrected chi connectivity index (χ0v) is 13.7. The molecule has 0 radical (unpaired) electrons. The van der Waals surface area contributed by atoms with E-state index < -0.39 is 0 Å². The van der Waals surface area contributed by atoms with Gasteiger partial charge in [-0.25, -0.2) is 0 Å². The second kappa shape index (κ2) is 6.27. The van der Waals surface area contributed by atoms with Crippen molar-refractivity contribution in [1.82, 2.24) is 19.8 Å². The molecule has 7 heteroatoms. The maximum Gasteiger partial charge on any atom is 0.151 e. The molecule has 4 rings (SSSR count). The third-order valence-corrected chi connectivity index (χ3v) is 4.71. The van der Waals surface area contributed by atoms with Crippen molar-refractivity contribution in [2.45, 2.75) is 12.6 Å². The first kappa shape index (κ1) is 14.6. The molecule has 0 aliphatic carbocycles. The highest BCUT2D eigenvalue weighted by molar-refractivity contribution is 7.07. The van der Waals surface area contributed by atoms with Crippen LogP contribution in [0.1, 0.15) is 17.4 Å². The van der Waals surface area contributed by atoms with E-state index >= 15 is 0 Å². The van der Waals surface area contributed by atoms with Crippen LogP contribution in [0, 0.1) is 0 Å². The summed E-state index contributed by atoms with van der Waals surface area (Å²) >= 11 is 1.71. The predicted molar refractivity (Wildman–Crippen MR) is 87.0 cm³/mol. The lowest BCUT2D eigenvalue weighted by atomic mass is 10.1. The Morgan fingerprint density at radius 2 is 2.39 bits per heavy atom. The van der Waals surface area contributed by atoms with E-state index in [4.69, 9.17) is 9.26 Å². The van der Waals surface area contributed by atoms with Crippen LogP contribution >= 0.6 is 11.3 Å². The lowest BCUT2D eigenvalue weighted by Gasteiger charge is -2.31. The fraction of sp³-hybridized carbons (Fsp3) is 0.375. The summed E-state index contributed by atoms with van der Waals surface area (Å²) < 4.78 is 13.1. The molecule has 1 aliphatic rings. The molecule has 4 heterocycles. The summed E-state index contributed by atoms with van der Waals surface area (Å²) in [5.41, 5.74) is 3.06. The number of aryl methyl sites for hydroxylation is 1. The van der Waals surface area contributed by atoms with Gasteiger partial charge in [0.25, 0.3) is 0 Å². The first-order valence-electron chi connectivity index (χ1n) is 7.58. The Balaban J connectivity index is 1.43. The highest BCUT2D eigenvalue weighted by Gasteiger charge is 2.23. The molecule has 0 bridgehead atoms. The maximum atomic E-state index is 5.88. The molecule has 1 saturated heterocycles.